The minimum Gasteiger partial charge on any atom is -0.396 e. The Hall–Kier alpha value is -0.770. The fraction of sp³-hybridized carbons (Fsp3) is 0.938. The maximum atomic E-state index is 11.9. The average Bonchev–Trinajstić information content (AvgIpc) is 2.20. The number of aliphatic hydroxyl groups excluding tert-OH is 1. The number of aliphatic hydroxyl groups is 1. The predicted octanol–water partition coefficient (Wildman–Crippen LogP) is 3.30. The molecule has 0 rings (SSSR count). The lowest BCUT2D eigenvalue weighted by atomic mass is 9.82. The summed E-state index contributed by atoms with van der Waals surface area (Å²) >= 11 is 0. The summed E-state index contributed by atoms with van der Waals surface area (Å²) in [4.78, 5) is 11.9. The smallest absolute Gasteiger partial charge is 0.315 e. The number of hydrogen-bond donors (Lipinski definition) is 3. The molecule has 0 saturated heterocycles. The molecular weight excluding hydrogens is 252 g/mol. The zero-order valence-corrected chi connectivity index (χ0v) is 14.4. The first-order valence-electron chi connectivity index (χ1n) is 7.54. The van der Waals surface area contributed by atoms with Crippen molar-refractivity contribution in [3.05, 3.63) is 0 Å². The minimum atomic E-state index is -0.216. The van der Waals surface area contributed by atoms with E-state index in [1.165, 1.54) is 0 Å². The van der Waals surface area contributed by atoms with E-state index in [0.717, 1.165) is 19.3 Å². The lowest BCUT2D eigenvalue weighted by Gasteiger charge is -2.33. The van der Waals surface area contributed by atoms with Crippen LogP contribution in [0, 0.1) is 10.8 Å². The number of carbonyl (C=O) groups excluding carboxylic acids is 1. The molecule has 0 aromatic rings. The van der Waals surface area contributed by atoms with Crippen molar-refractivity contribution in [2.45, 2.75) is 73.3 Å². The molecule has 0 heterocycles. The van der Waals surface area contributed by atoms with Crippen LogP contribution < -0.4 is 10.6 Å². The summed E-state index contributed by atoms with van der Waals surface area (Å²) in [6, 6.07) is -0.110. The highest BCUT2D eigenvalue weighted by molar-refractivity contribution is 5.74. The predicted molar refractivity (Wildman–Crippen MR) is 84.8 cm³/mol. The number of carbonyl (C=O) groups is 1. The van der Waals surface area contributed by atoms with Gasteiger partial charge in [0.25, 0.3) is 0 Å². The van der Waals surface area contributed by atoms with Crippen molar-refractivity contribution in [1.82, 2.24) is 10.6 Å². The Morgan fingerprint density at radius 1 is 1.05 bits per heavy atom. The summed E-state index contributed by atoms with van der Waals surface area (Å²) < 4.78 is 0. The van der Waals surface area contributed by atoms with E-state index in [0.29, 0.717) is 6.54 Å². The van der Waals surface area contributed by atoms with Gasteiger partial charge < -0.3 is 15.7 Å². The number of amides is 2. The molecule has 0 atom stereocenters. The van der Waals surface area contributed by atoms with Crippen LogP contribution >= 0.6 is 0 Å². The molecule has 0 bridgehead atoms. The van der Waals surface area contributed by atoms with Crippen LogP contribution in [0.2, 0.25) is 0 Å². The summed E-state index contributed by atoms with van der Waals surface area (Å²) in [6.07, 6.45) is 2.70. The first kappa shape index (κ1) is 19.2. The third-order valence-electron chi connectivity index (χ3n) is 3.17. The molecule has 20 heavy (non-hydrogen) atoms. The van der Waals surface area contributed by atoms with E-state index in [1.807, 2.05) is 27.7 Å². The second kappa shape index (κ2) is 7.30. The standard InChI is InChI=1S/C16H34N2O2/c1-14(2,3)11-16(6,7)18-13(20)17-10-8-9-15(4,5)12-19/h19H,8-12H2,1-7H3,(H2,17,18,20). The first-order chi connectivity index (χ1) is 8.87. The topological polar surface area (TPSA) is 61.4 Å². The van der Waals surface area contributed by atoms with Crippen LogP contribution in [0.15, 0.2) is 0 Å². The van der Waals surface area contributed by atoms with Gasteiger partial charge in [-0.2, -0.15) is 0 Å². The Morgan fingerprint density at radius 3 is 2.05 bits per heavy atom. The maximum absolute atomic E-state index is 11.9. The number of hydrogen-bond acceptors (Lipinski definition) is 2. The van der Waals surface area contributed by atoms with Crippen molar-refractivity contribution in [3.8, 4) is 0 Å². The van der Waals surface area contributed by atoms with Crippen molar-refractivity contribution < 1.29 is 9.90 Å². The highest BCUT2D eigenvalue weighted by Gasteiger charge is 2.26. The van der Waals surface area contributed by atoms with E-state index in [-0.39, 0.29) is 29.0 Å². The van der Waals surface area contributed by atoms with Gasteiger partial charge >= 0.3 is 6.03 Å². The Labute approximate surface area is 124 Å². The fourth-order valence-corrected chi connectivity index (χ4v) is 2.57. The van der Waals surface area contributed by atoms with Crippen LogP contribution in [-0.4, -0.2) is 29.8 Å². The monoisotopic (exact) mass is 286 g/mol. The fourth-order valence-electron chi connectivity index (χ4n) is 2.57. The van der Waals surface area contributed by atoms with Gasteiger partial charge in [0.05, 0.1) is 0 Å². The second-order valence-electron chi connectivity index (χ2n) is 8.43. The van der Waals surface area contributed by atoms with Crippen molar-refractivity contribution >= 4 is 6.03 Å². The minimum absolute atomic E-state index is 0.0658. The van der Waals surface area contributed by atoms with Gasteiger partial charge in [0.1, 0.15) is 0 Å². The van der Waals surface area contributed by atoms with E-state index >= 15 is 0 Å². The molecule has 0 radical (unpaired) electrons. The normalized spacial score (nSPS) is 13.2. The van der Waals surface area contributed by atoms with Crippen molar-refractivity contribution in [1.29, 1.82) is 0 Å². The average molecular weight is 286 g/mol. The van der Waals surface area contributed by atoms with E-state index < -0.39 is 0 Å². The van der Waals surface area contributed by atoms with E-state index in [2.05, 4.69) is 31.4 Å². The highest BCUT2D eigenvalue weighted by atomic mass is 16.3. The number of rotatable bonds is 7. The van der Waals surface area contributed by atoms with Crippen molar-refractivity contribution in [3.63, 3.8) is 0 Å². The van der Waals surface area contributed by atoms with E-state index in [1.54, 1.807) is 0 Å². The van der Waals surface area contributed by atoms with Crippen LogP contribution in [0.25, 0.3) is 0 Å². The largest absolute Gasteiger partial charge is 0.396 e. The van der Waals surface area contributed by atoms with Crippen LogP contribution in [0.1, 0.15) is 67.7 Å². The van der Waals surface area contributed by atoms with Gasteiger partial charge in [0.15, 0.2) is 0 Å². The Bertz CT molecular complexity index is 304. The molecule has 0 aliphatic rings. The maximum Gasteiger partial charge on any atom is 0.315 e. The molecule has 0 aromatic heterocycles. The van der Waals surface area contributed by atoms with Gasteiger partial charge in [-0.3, -0.25) is 0 Å². The molecule has 0 saturated carbocycles. The van der Waals surface area contributed by atoms with Gasteiger partial charge in [0.2, 0.25) is 0 Å². The Kier molecular flexibility index (Phi) is 7.02. The van der Waals surface area contributed by atoms with Crippen molar-refractivity contribution in [2.75, 3.05) is 13.2 Å². The number of urea groups is 1. The van der Waals surface area contributed by atoms with Crippen LogP contribution in [0.3, 0.4) is 0 Å². The van der Waals surface area contributed by atoms with Gasteiger partial charge in [-0.15, -0.1) is 0 Å². The molecule has 0 unspecified atom stereocenters. The third-order valence-corrected chi connectivity index (χ3v) is 3.17. The number of nitrogens with one attached hydrogen (secondary N) is 2. The molecule has 4 nitrogen and oxygen atoms in total. The summed E-state index contributed by atoms with van der Waals surface area (Å²) in [5.41, 5.74) is -0.0989. The lowest BCUT2D eigenvalue weighted by molar-refractivity contribution is 0.148. The molecular formula is C16H34N2O2. The molecule has 3 N–H and O–H groups in total. The van der Waals surface area contributed by atoms with Crippen LogP contribution in [-0.2, 0) is 0 Å². The van der Waals surface area contributed by atoms with Gasteiger partial charge in [-0.1, -0.05) is 34.6 Å². The van der Waals surface area contributed by atoms with E-state index in [4.69, 9.17) is 5.11 Å². The Balaban J connectivity index is 4.00. The zero-order valence-electron chi connectivity index (χ0n) is 14.4. The zero-order chi connectivity index (χ0) is 16.0. The second-order valence-corrected chi connectivity index (χ2v) is 8.43. The highest BCUT2D eigenvalue weighted by Crippen LogP contribution is 2.26. The summed E-state index contributed by atoms with van der Waals surface area (Å²) in [7, 11) is 0. The summed E-state index contributed by atoms with van der Waals surface area (Å²) in [5.74, 6) is 0. The first-order valence-corrected chi connectivity index (χ1v) is 7.54. The Morgan fingerprint density at radius 2 is 1.60 bits per heavy atom. The molecule has 120 valence electrons. The van der Waals surface area contributed by atoms with Crippen LogP contribution in [0.4, 0.5) is 4.79 Å². The van der Waals surface area contributed by atoms with Gasteiger partial charge in [0, 0.05) is 18.7 Å². The van der Waals surface area contributed by atoms with Gasteiger partial charge in [-0.05, 0) is 43.9 Å². The van der Waals surface area contributed by atoms with Crippen LogP contribution in [0.5, 0.6) is 0 Å². The summed E-state index contributed by atoms with van der Waals surface area (Å²) in [5, 5.41) is 15.1. The molecule has 0 aromatic carbocycles. The molecule has 4 heteroatoms. The lowest BCUT2D eigenvalue weighted by Crippen LogP contribution is -2.50. The van der Waals surface area contributed by atoms with Crippen molar-refractivity contribution in [2.24, 2.45) is 10.8 Å². The van der Waals surface area contributed by atoms with Gasteiger partial charge in [-0.25, -0.2) is 4.79 Å². The molecule has 0 aliphatic carbocycles. The van der Waals surface area contributed by atoms with E-state index in [9.17, 15) is 4.79 Å². The quantitative estimate of drug-likeness (QED) is 0.629. The summed E-state index contributed by atoms with van der Waals surface area (Å²) in [6.45, 7) is 15.5. The SMILES string of the molecule is CC(C)(C)CC(C)(C)NC(=O)NCCCC(C)(C)CO. The molecule has 0 spiro atoms. The molecule has 0 aliphatic heterocycles. The third kappa shape index (κ3) is 10.1. The molecule has 0 fully saturated rings. The molecule has 2 amide bonds.